The molecule has 0 aliphatic carbocycles. The molecule has 0 heterocycles. The van der Waals surface area contributed by atoms with Gasteiger partial charge in [0.1, 0.15) is 0 Å². The summed E-state index contributed by atoms with van der Waals surface area (Å²) in [5.41, 5.74) is 0. The van der Waals surface area contributed by atoms with Gasteiger partial charge in [0.25, 0.3) is 0 Å². The summed E-state index contributed by atoms with van der Waals surface area (Å²) in [6.45, 7) is 0. The molecule has 8 heavy (non-hydrogen) atoms. The third kappa shape index (κ3) is 139. The van der Waals surface area contributed by atoms with Crippen molar-refractivity contribution in [3.05, 3.63) is 0 Å². The summed E-state index contributed by atoms with van der Waals surface area (Å²) in [6, 6.07) is 0. The summed E-state index contributed by atoms with van der Waals surface area (Å²) in [7, 11) is 0. The van der Waals surface area contributed by atoms with Crippen LogP contribution < -0.4 is 0 Å². The topological polar surface area (TPSA) is 74.6 Å². The third-order valence-electron chi connectivity index (χ3n) is 0. The molecule has 0 saturated heterocycles. The van der Waals surface area contributed by atoms with Gasteiger partial charge in [-0.05, 0) is 0 Å². The first kappa shape index (κ1) is 22.7. The quantitative estimate of drug-likeness (QED) is 0.456. The maximum atomic E-state index is 8.82. The van der Waals surface area contributed by atoms with E-state index in [1.165, 1.54) is 0 Å². The van der Waals surface area contributed by atoms with Gasteiger partial charge in [0.15, 0.2) is 0 Å². The van der Waals surface area contributed by atoms with Gasteiger partial charge in [0.2, 0.25) is 0 Å². The van der Waals surface area contributed by atoms with Crippen molar-refractivity contribution in [3.63, 3.8) is 0 Å². The molecule has 2 N–H and O–H groups in total. The minimum absolute atomic E-state index is 0. The number of hydrogen-bond donors (Lipinski definition) is 2. The van der Waals surface area contributed by atoms with Crippen molar-refractivity contribution >= 4 is 46.1 Å². The summed E-state index contributed by atoms with van der Waals surface area (Å²) in [4.78, 5) is 0. The molecule has 0 radical (unpaired) electrons. The van der Waals surface area contributed by atoms with Crippen molar-refractivity contribution in [2.45, 2.75) is 0 Å². The predicted octanol–water partition coefficient (Wildman–Crippen LogP) is -1.51. The Kier molecular flexibility index (Phi) is 24.1. The fourth-order valence-electron chi connectivity index (χ4n) is 0. The molecular weight excluding hydrogens is 184 g/mol. The van der Waals surface area contributed by atoms with E-state index in [-0.39, 0.29) is 56.5 Å². The Morgan fingerprint density at radius 2 is 1.12 bits per heavy atom. The molecule has 0 aromatic carbocycles. The van der Waals surface area contributed by atoms with Crippen LogP contribution in [-0.4, -0.2) is 54.4 Å². The van der Waals surface area contributed by atoms with E-state index < -0.39 is 13.6 Å². The Bertz CT molecular complexity index is 108. The molecule has 0 atom stereocenters. The van der Waals surface area contributed by atoms with Gasteiger partial charge in [-0.15, -0.1) is 0 Å². The Morgan fingerprint density at radius 3 is 1.12 bits per heavy atom. The molecule has 0 fully saturated rings. The second-order valence-electron chi connectivity index (χ2n) is 0.448. The molecule has 0 spiro atoms. The van der Waals surface area contributed by atoms with Crippen molar-refractivity contribution in [1.29, 1.82) is 0 Å². The van der Waals surface area contributed by atoms with E-state index in [1.807, 2.05) is 0 Å². The first-order valence-corrected chi connectivity index (χ1v) is 2.88. The van der Waals surface area contributed by atoms with E-state index in [0.29, 0.717) is 0 Å². The SMILES string of the molecule is F.[H-].[H-].[H-].[H-].[Mg+2].[Mg+2].[O]=[Cr](=[O])([OH])[OH]. The fourth-order valence-corrected chi connectivity index (χ4v) is 0. The second-order valence-corrected chi connectivity index (χ2v) is 1.85. The number of hydrogen-bond acceptors (Lipinski definition) is 2. The Morgan fingerprint density at radius 1 is 1.12 bits per heavy atom. The Hall–Kier alpha value is 1.51. The zero-order chi connectivity index (χ0) is 4.50. The second kappa shape index (κ2) is 8.51. The molecule has 0 saturated carbocycles. The van der Waals surface area contributed by atoms with Gasteiger partial charge in [-0.3, -0.25) is 4.70 Å². The molecular formula is H7CrFMg2O4. The summed E-state index contributed by atoms with van der Waals surface area (Å²) < 4.78 is 31.9. The van der Waals surface area contributed by atoms with Crippen molar-refractivity contribution in [2.24, 2.45) is 0 Å². The van der Waals surface area contributed by atoms with Crippen LogP contribution in [0.25, 0.3) is 0 Å². The molecule has 8 heteroatoms. The molecule has 0 bridgehead atoms. The van der Waals surface area contributed by atoms with Crippen LogP contribution in [0.3, 0.4) is 0 Å². The maximum absolute atomic E-state index is 8.82. The first-order valence-electron chi connectivity index (χ1n) is 0.698. The molecule has 0 aromatic heterocycles. The zero-order valence-corrected chi connectivity index (χ0v) is 8.05. The minimum atomic E-state index is -5.25. The number of halogens is 1. The van der Waals surface area contributed by atoms with Crippen LogP contribution in [-0.2, 0) is 21.2 Å². The van der Waals surface area contributed by atoms with Crippen LogP contribution in [0, 0.1) is 0 Å². The summed E-state index contributed by atoms with van der Waals surface area (Å²) in [5, 5.41) is 0. The Balaban J connectivity index is -0.00000000381. The van der Waals surface area contributed by atoms with Crippen LogP contribution in [0.2, 0.25) is 0 Å². The average Bonchev–Trinajstić information content (AvgIpc) is 0.722. The van der Waals surface area contributed by atoms with Gasteiger partial charge in [-0.25, -0.2) is 0 Å². The van der Waals surface area contributed by atoms with E-state index in [1.54, 1.807) is 0 Å². The van der Waals surface area contributed by atoms with E-state index in [0.717, 1.165) is 0 Å². The van der Waals surface area contributed by atoms with Crippen molar-refractivity contribution in [2.75, 3.05) is 0 Å². The van der Waals surface area contributed by atoms with Crippen molar-refractivity contribution in [3.8, 4) is 0 Å². The standard InChI is InChI=1S/Cr.FH.2Mg.2H2O.2O.4H/h;1H;;;2*1H2;;;;;;/q+2;;2*+2;;;;;4*-1/p-2. The molecule has 0 aliphatic rings. The molecule has 48 valence electrons. The van der Waals surface area contributed by atoms with Gasteiger partial charge in [0.05, 0.1) is 0 Å². The van der Waals surface area contributed by atoms with Gasteiger partial charge >= 0.3 is 75.6 Å². The van der Waals surface area contributed by atoms with Crippen LogP contribution in [0.15, 0.2) is 0 Å². The summed E-state index contributed by atoms with van der Waals surface area (Å²) in [5.74, 6) is 0. The first-order chi connectivity index (χ1) is 2.00. The van der Waals surface area contributed by atoms with Crippen molar-refractivity contribution in [1.82, 2.24) is 0 Å². The van der Waals surface area contributed by atoms with Crippen LogP contribution >= 0.6 is 0 Å². The van der Waals surface area contributed by atoms with Crippen LogP contribution in [0.1, 0.15) is 5.71 Å². The van der Waals surface area contributed by atoms with Gasteiger partial charge in [0, 0.05) is 0 Å². The molecule has 0 aliphatic heterocycles. The van der Waals surface area contributed by atoms with Gasteiger partial charge in [-0.2, -0.15) is 0 Å². The Labute approximate surface area is 85.6 Å². The van der Waals surface area contributed by atoms with E-state index in [9.17, 15) is 0 Å². The fraction of sp³-hybridized carbons (Fsp3) is 0. The van der Waals surface area contributed by atoms with Gasteiger partial charge in [-0.1, -0.05) is 0 Å². The normalized spacial score (nSPS) is 7.25. The van der Waals surface area contributed by atoms with Crippen molar-refractivity contribution < 1.29 is 39.9 Å². The van der Waals surface area contributed by atoms with E-state index >= 15 is 0 Å². The molecule has 0 aromatic rings. The summed E-state index contributed by atoms with van der Waals surface area (Å²) >= 11 is -5.25. The molecule has 0 unspecified atom stereocenters. The monoisotopic (exact) mass is 190 g/mol. The number of rotatable bonds is 0. The third-order valence-corrected chi connectivity index (χ3v) is 0. The molecule has 0 amide bonds. The predicted molar refractivity (Wildman–Crippen MR) is 24.3 cm³/mol. The molecule has 4 nitrogen and oxygen atoms in total. The average molecular weight is 191 g/mol. The van der Waals surface area contributed by atoms with Crippen LogP contribution in [0.5, 0.6) is 0 Å². The summed E-state index contributed by atoms with van der Waals surface area (Å²) in [6.07, 6.45) is 0. The zero-order valence-electron chi connectivity index (χ0n) is 7.94. The van der Waals surface area contributed by atoms with E-state index in [2.05, 4.69) is 0 Å². The molecule has 0 rings (SSSR count). The van der Waals surface area contributed by atoms with E-state index in [4.69, 9.17) is 15.9 Å². The van der Waals surface area contributed by atoms with Gasteiger partial charge < -0.3 is 5.71 Å². The van der Waals surface area contributed by atoms with Crippen LogP contribution in [0.4, 0.5) is 4.70 Å².